The van der Waals surface area contributed by atoms with Gasteiger partial charge in [-0.2, -0.15) is 0 Å². The number of nitrogens with two attached hydrogens (primary N) is 1. The fourth-order valence-electron chi connectivity index (χ4n) is 4.01. The van der Waals surface area contributed by atoms with Gasteiger partial charge in [0.2, 0.25) is 0 Å². The van der Waals surface area contributed by atoms with E-state index >= 15 is 0 Å². The van der Waals surface area contributed by atoms with Crippen LogP contribution in [0.3, 0.4) is 0 Å². The summed E-state index contributed by atoms with van der Waals surface area (Å²) in [5.74, 6) is 6.17. The molecule has 4 nitrogen and oxygen atoms in total. The van der Waals surface area contributed by atoms with Gasteiger partial charge in [0.05, 0.1) is 17.6 Å². The maximum atomic E-state index is 6.22. The Morgan fingerprint density at radius 3 is 2.84 bits per heavy atom. The third-order valence-corrected chi connectivity index (χ3v) is 6.72. The summed E-state index contributed by atoms with van der Waals surface area (Å²) >= 11 is 1.56. The molecular weight excluding hydrogens is 258 g/mol. The first-order valence-corrected chi connectivity index (χ1v) is 7.82. The van der Waals surface area contributed by atoms with Gasteiger partial charge in [-0.1, -0.05) is 32.1 Å². The molecule has 2 saturated carbocycles. The summed E-state index contributed by atoms with van der Waals surface area (Å²) in [6.45, 7) is 7.89. The van der Waals surface area contributed by atoms with Crippen molar-refractivity contribution in [3.05, 3.63) is 11.1 Å². The molecule has 0 saturated heterocycles. The lowest BCUT2D eigenvalue weighted by Gasteiger charge is -2.38. The van der Waals surface area contributed by atoms with Crippen molar-refractivity contribution in [1.29, 1.82) is 0 Å². The number of nitrogen functional groups attached to an aromatic ring is 1. The number of thiazole rings is 1. The smallest absolute Gasteiger partial charge is 0.197 e. The second-order valence-electron chi connectivity index (χ2n) is 6.69. The number of hydrazine groups is 1. The van der Waals surface area contributed by atoms with E-state index in [0.717, 1.165) is 15.9 Å². The van der Waals surface area contributed by atoms with Gasteiger partial charge in [0.1, 0.15) is 0 Å². The van der Waals surface area contributed by atoms with Gasteiger partial charge in [0.25, 0.3) is 0 Å². The third-order valence-electron chi connectivity index (χ3n) is 5.82. The zero-order valence-electron chi connectivity index (χ0n) is 11.9. The van der Waals surface area contributed by atoms with Crippen LogP contribution in [0.15, 0.2) is 6.20 Å². The van der Waals surface area contributed by atoms with Crippen LogP contribution in [0.5, 0.6) is 0 Å². The van der Waals surface area contributed by atoms with E-state index in [-0.39, 0.29) is 0 Å². The third kappa shape index (κ3) is 1.90. The molecule has 5 heteroatoms. The largest absolute Gasteiger partial charge is 0.372 e. The molecule has 3 rings (SSSR count). The van der Waals surface area contributed by atoms with Crippen LogP contribution in [0, 0.1) is 16.7 Å². The van der Waals surface area contributed by atoms with Crippen LogP contribution < -0.4 is 11.3 Å². The average molecular weight is 281 g/mol. The molecule has 1 aromatic rings. The van der Waals surface area contributed by atoms with Crippen molar-refractivity contribution in [3.63, 3.8) is 0 Å². The van der Waals surface area contributed by atoms with Gasteiger partial charge in [-0.05, 0) is 36.0 Å². The second-order valence-corrected chi connectivity index (χ2v) is 7.80. The Labute approximate surface area is 118 Å². The summed E-state index contributed by atoms with van der Waals surface area (Å²) in [6, 6.07) is 0. The summed E-state index contributed by atoms with van der Waals surface area (Å²) in [5.41, 5.74) is 3.32. The Morgan fingerprint density at radius 2 is 2.32 bits per heavy atom. The van der Waals surface area contributed by atoms with Crippen LogP contribution in [0.25, 0.3) is 0 Å². The molecule has 0 amide bonds. The first kappa shape index (κ1) is 13.3. The molecule has 0 spiro atoms. The fraction of sp³-hybridized carbons (Fsp3) is 0.786. The number of hydrogen-bond donors (Lipinski definition) is 2. The number of nitrogens with one attached hydrogen (secondary N) is 1. The predicted molar refractivity (Wildman–Crippen MR) is 77.7 cm³/mol. The van der Waals surface area contributed by atoms with E-state index in [1.807, 2.05) is 6.20 Å². The second kappa shape index (κ2) is 4.43. The van der Waals surface area contributed by atoms with Gasteiger partial charge in [-0.3, -0.25) is 5.43 Å². The molecular formula is C14H23N3OS. The van der Waals surface area contributed by atoms with E-state index in [1.165, 1.54) is 19.3 Å². The maximum Gasteiger partial charge on any atom is 0.197 e. The van der Waals surface area contributed by atoms with Crippen molar-refractivity contribution >= 4 is 16.5 Å². The van der Waals surface area contributed by atoms with Crippen molar-refractivity contribution in [1.82, 2.24) is 4.98 Å². The zero-order chi connectivity index (χ0) is 13.7. The highest BCUT2D eigenvalue weighted by molar-refractivity contribution is 7.15. The standard InChI is InChI=1S/C14H23N3OS/c1-13(2)9-4-5-14(13,3)11(6-9)18-8-10-7-16-12(17-15)19-10/h7,9,11H,4-6,8,15H2,1-3H3,(H,16,17). The van der Waals surface area contributed by atoms with Crippen LogP contribution in [-0.2, 0) is 11.3 Å². The summed E-state index contributed by atoms with van der Waals surface area (Å²) < 4.78 is 6.22. The van der Waals surface area contributed by atoms with Crippen LogP contribution in [0.4, 0.5) is 5.13 Å². The number of anilines is 1. The van der Waals surface area contributed by atoms with Crippen molar-refractivity contribution in [2.45, 2.75) is 52.7 Å². The maximum absolute atomic E-state index is 6.22. The van der Waals surface area contributed by atoms with E-state index < -0.39 is 0 Å². The summed E-state index contributed by atoms with van der Waals surface area (Å²) in [4.78, 5) is 5.31. The molecule has 19 heavy (non-hydrogen) atoms. The molecule has 106 valence electrons. The van der Waals surface area contributed by atoms with Gasteiger partial charge in [0.15, 0.2) is 5.13 Å². The molecule has 2 aliphatic rings. The highest BCUT2D eigenvalue weighted by atomic mass is 32.1. The lowest BCUT2D eigenvalue weighted by atomic mass is 9.70. The van der Waals surface area contributed by atoms with E-state index in [2.05, 4.69) is 31.2 Å². The van der Waals surface area contributed by atoms with Crippen molar-refractivity contribution in [2.24, 2.45) is 22.6 Å². The van der Waals surface area contributed by atoms with E-state index in [0.29, 0.717) is 23.5 Å². The number of rotatable bonds is 4. The summed E-state index contributed by atoms with van der Waals surface area (Å²) in [7, 11) is 0. The Hall–Kier alpha value is -0.650. The van der Waals surface area contributed by atoms with Gasteiger partial charge in [0, 0.05) is 6.20 Å². The van der Waals surface area contributed by atoms with E-state index in [9.17, 15) is 0 Å². The average Bonchev–Trinajstić information content (AvgIpc) is 2.97. The molecule has 2 aliphatic carbocycles. The number of hydrogen-bond acceptors (Lipinski definition) is 5. The summed E-state index contributed by atoms with van der Waals surface area (Å²) in [6.07, 6.45) is 6.11. The van der Waals surface area contributed by atoms with Crippen LogP contribution >= 0.6 is 11.3 Å². The zero-order valence-corrected chi connectivity index (χ0v) is 12.7. The molecule has 2 bridgehead atoms. The van der Waals surface area contributed by atoms with Gasteiger partial charge < -0.3 is 4.74 Å². The Kier molecular flexibility index (Phi) is 3.11. The Bertz CT molecular complexity index is 473. The van der Waals surface area contributed by atoms with E-state index in [4.69, 9.17) is 10.6 Å². The number of ether oxygens (including phenoxy) is 1. The Balaban J connectivity index is 1.66. The minimum Gasteiger partial charge on any atom is -0.372 e. The summed E-state index contributed by atoms with van der Waals surface area (Å²) in [5, 5.41) is 0.748. The van der Waals surface area contributed by atoms with Crippen molar-refractivity contribution in [3.8, 4) is 0 Å². The molecule has 0 radical (unpaired) electrons. The van der Waals surface area contributed by atoms with Gasteiger partial charge in [-0.15, -0.1) is 0 Å². The normalized spacial score (nSPS) is 35.8. The van der Waals surface area contributed by atoms with Crippen LogP contribution in [0.1, 0.15) is 44.9 Å². The van der Waals surface area contributed by atoms with Crippen LogP contribution in [0.2, 0.25) is 0 Å². The number of fused-ring (bicyclic) bond motifs is 2. The SMILES string of the molecule is CC1(C)C2CCC1(C)C(OCc1cnc(NN)s1)C2. The molecule has 3 unspecified atom stereocenters. The minimum atomic E-state index is 0.331. The van der Waals surface area contributed by atoms with Gasteiger partial charge in [-0.25, -0.2) is 10.8 Å². The molecule has 1 heterocycles. The molecule has 3 atom stereocenters. The van der Waals surface area contributed by atoms with E-state index in [1.54, 1.807) is 11.3 Å². The number of aromatic nitrogens is 1. The first-order chi connectivity index (χ1) is 8.97. The molecule has 0 aromatic carbocycles. The lowest BCUT2D eigenvalue weighted by Crippen LogP contribution is -2.37. The van der Waals surface area contributed by atoms with Crippen molar-refractivity contribution < 1.29 is 4.74 Å². The fourth-order valence-corrected chi connectivity index (χ4v) is 4.65. The highest BCUT2D eigenvalue weighted by Crippen LogP contribution is 2.66. The quantitative estimate of drug-likeness (QED) is 0.657. The molecule has 2 fully saturated rings. The van der Waals surface area contributed by atoms with Crippen LogP contribution in [-0.4, -0.2) is 11.1 Å². The topological polar surface area (TPSA) is 60.2 Å². The molecule has 1 aromatic heterocycles. The monoisotopic (exact) mass is 281 g/mol. The molecule has 3 N–H and O–H groups in total. The number of nitrogens with zero attached hydrogens (tertiary/aromatic N) is 1. The first-order valence-electron chi connectivity index (χ1n) is 7.00. The predicted octanol–water partition coefficient (Wildman–Crippen LogP) is 3.16. The van der Waals surface area contributed by atoms with Crippen molar-refractivity contribution in [2.75, 3.05) is 5.43 Å². The highest BCUT2D eigenvalue weighted by Gasteiger charge is 2.61. The molecule has 0 aliphatic heterocycles. The van der Waals surface area contributed by atoms with Gasteiger partial charge >= 0.3 is 0 Å². The lowest BCUT2D eigenvalue weighted by molar-refractivity contribution is -0.0542. The minimum absolute atomic E-state index is 0.331. The Morgan fingerprint density at radius 1 is 1.53 bits per heavy atom.